The van der Waals surface area contributed by atoms with Crippen molar-refractivity contribution in [1.82, 2.24) is 14.5 Å². The average molecular weight is 326 g/mol. The number of aromatic amines is 1. The zero-order chi connectivity index (χ0) is 17.1. The van der Waals surface area contributed by atoms with E-state index in [0.717, 1.165) is 16.5 Å². The topological polar surface area (TPSA) is 74.2 Å². The molecular weight excluding hydrogens is 304 g/mol. The first-order chi connectivity index (χ1) is 11.7. The van der Waals surface area contributed by atoms with Gasteiger partial charge in [-0.3, -0.25) is 4.79 Å². The SMILES string of the molecule is CCn1ccnc(N(C)[C@@H](CO)Cc2c[nH]c3ccccc23)c1=O. The van der Waals surface area contributed by atoms with Crippen LogP contribution in [0.15, 0.2) is 47.7 Å². The van der Waals surface area contributed by atoms with E-state index in [-0.39, 0.29) is 18.2 Å². The van der Waals surface area contributed by atoms with Crippen molar-refractivity contribution in [2.75, 3.05) is 18.6 Å². The van der Waals surface area contributed by atoms with Gasteiger partial charge in [0, 0.05) is 43.1 Å². The normalized spacial score (nSPS) is 12.5. The van der Waals surface area contributed by atoms with Crippen molar-refractivity contribution in [2.45, 2.75) is 25.9 Å². The van der Waals surface area contributed by atoms with Crippen LogP contribution in [0.4, 0.5) is 5.82 Å². The molecule has 6 nitrogen and oxygen atoms in total. The molecule has 3 aromatic rings. The number of hydrogen-bond acceptors (Lipinski definition) is 4. The minimum atomic E-state index is -0.225. The highest BCUT2D eigenvalue weighted by Gasteiger charge is 2.20. The summed E-state index contributed by atoms with van der Waals surface area (Å²) in [5.74, 6) is 0.359. The van der Waals surface area contributed by atoms with Crippen LogP contribution in [0.3, 0.4) is 0 Å². The molecule has 126 valence electrons. The van der Waals surface area contributed by atoms with Crippen molar-refractivity contribution in [2.24, 2.45) is 0 Å². The number of likely N-dealkylation sites (N-methyl/N-ethyl adjacent to an activating group) is 1. The second kappa shape index (κ2) is 6.88. The van der Waals surface area contributed by atoms with E-state index >= 15 is 0 Å². The number of aryl methyl sites for hydroxylation is 1. The van der Waals surface area contributed by atoms with Crippen LogP contribution in [-0.4, -0.2) is 39.3 Å². The van der Waals surface area contributed by atoms with Crippen LogP contribution in [-0.2, 0) is 13.0 Å². The second-order valence-electron chi connectivity index (χ2n) is 5.85. The van der Waals surface area contributed by atoms with Gasteiger partial charge in [0.15, 0.2) is 5.82 Å². The monoisotopic (exact) mass is 326 g/mol. The smallest absolute Gasteiger partial charge is 0.293 e. The summed E-state index contributed by atoms with van der Waals surface area (Å²) in [6.45, 7) is 2.45. The van der Waals surface area contributed by atoms with E-state index in [1.165, 1.54) is 0 Å². The van der Waals surface area contributed by atoms with E-state index < -0.39 is 0 Å². The molecule has 0 spiro atoms. The first kappa shape index (κ1) is 16.3. The minimum Gasteiger partial charge on any atom is -0.394 e. The van der Waals surface area contributed by atoms with Crippen LogP contribution in [0.5, 0.6) is 0 Å². The number of aromatic nitrogens is 3. The zero-order valence-electron chi connectivity index (χ0n) is 13.9. The molecule has 1 aromatic carbocycles. The van der Waals surface area contributed by atoms with Gasteiger partial charge in [0.1, 0.15) is 0 Å². The Bertz CT molecular complexity index is 884. The number of aliphatic hydroxyl groups excluding tert-OH is 1. The van der Waals surface area contributed by atoms with E-state index in [1.807, 2.05) is 31.3 Å². The summed E-state index contributed by atoms with van der Waals surface area (Å²) in [5.41, 5.74) is 2.04. The average Bonchev–Trinajstić information content (AvgIpc) is 3.02. The van der Waals surface area contributed by atoms with Crippen LogP contribution in [0.1, 0.15) is 12.5 Å². The summed E-state index contributed by atoms with van der Waals surface area (Å²) >= 11 is 0. The number of nitrogens with one attached hydrogen (secondary N) is 1. The summed E-state index contributed by atoms with van der Waals surface area (Å²) in [4.78, 5) is 21.7. The number of aliphatic hydroxyl groups is 1. The maximum atomic E-state index is 12.4. The summed E-state index contributed by atoms with van der Waals surface area (Å²) in [6.07, 6.45) is 5.88. The highest BCUT2D eigenvalue weighted by atomic mass is 16.3. The molecule has 2 N–H and O–H groups in total. The third kappa shape index (κ3) is 2.92. The Balaban J connectivity index is 1.90. The number of fused-ring (bicyclic) bond motifs is 1. The van der Waals surface area contributed by atoms with Crippen LogP contribution >= 0.6 is 0 Å². The molecule has 0 bridgehead atoms. The predicted octanol–water partition coefficient (Wildman–Crippen LogP) is 1.78. The lowest BCUT2D eigenvalue weighted by atomic mass is 10.0. The quantitative estimate of drug-likeness (QED) is 0.724. The van der Waals surface area contributed by atoms with E-state index in [9.17, 15) is 9.90 Å². The second-order valence-corrected chi connectivity index (χ2v) is 5.85. The predicted molar refractivity (Wildman–Crippen MR) is 95.5 cm³/mol. The lowest BCUT2D eigenvalue weighted by Crippen LogP contribution is -2.41. The molecule has 0 unspecified atom stereocenters. The largest absolute Gasteiger partial charge is 0.394 e. The lowest BCUT2D eigenvalue weighted by molar-refractivity contribution is 0.261. The molecule has 3 rings (SSSR count). The van der Waals surface area contributed by atoms with Crippen LogP contribution in [0.25, 0.3) is 10.9 Å². The first-order valence-electron chi connectivity index (χ1n) is 8.09. The minimum absolute atomic E-state index is 0.0574. The molecule has 1 atom stereocenters. The highest BCUT2D eigenvalue weighted by molar-refractivity contribution is 5.83. The van der Waals surface area contributed by atoms with Crippen molar-refractivity contribution >= 4 is 16.7 Å². The molecule has 0 amide bonds. The van der Waals surface area contributed by atoms with Gasteiger partial charge in [0.25, 0.3) is 5.56 Å². The third-order valence-electron chi connectivity index (χ3n) is 4.46. The molecule has 0 aliphatic heterocycles. The number of rotatable bonds is 6. The van der Waals surface area contributed by atoms with Gasteiger partial charge in [-0.2, -0.15) is 0 Å². The Morgan fingerprint density at radius 3 is 2.92 bits per heavy atom. The zero-order valence-corrected chi connectivity index (χ0v) is 13.9. The summed E-state index contributed by atoms with van der Waals surface area (Å²) in [5, 5.41) is 11.0. The standard InChI is InChI=1S/C18H22N4O2/c1-3-22-9-8-19-17(18(22)24)21(2)14(12-23)10-13-11-20-16-7-5-4-6-15(13)16/h4-9,11,14,20,23H,3,10,12H2,1-2H3/t14-/m1/s1. The maximum Gasteiger partial charge on any atom is 0.293 e. The molecule has 0 saturated heterocycles. The van der Waals surface area contributed by atoms with E-state index in [0.29, 0.717) is 18.8 Å². The number of H-pyrrole nitrogens is 1. The van der Waals surface area contributed by atoms with Crippen LogP contribution < -0.4 is 10.5 Å². The fraction of sp³-hybridized carbons (Fsp3) is 0.333. The fourth-order valence-electron chi connectivity index (χ4n) is 2.98. The van der Waals surface area contributed by atoms with Gasteiger partial charge in [0.2, 0.25) is 0 Å². The molecule has 0 aliphatic rings. The number of hydrogen-bond donors (Lipinski definition) is 2. The number of nitrogens with zero attached hydrogens (tertiary/aromatic N) is 3. The summed E-state index contributed by atoms with van der Waals surface area (Å²) < 4.78 is 1.61. The summed E-state index contributed by atoms with van der Waals surface area (Å²) in [6, 6.07) is 7.84. The van der Waals surface area contributed by atoms with Gasteiger partial charge >= 0.3 is 0 Å². The van der Waals surface area contributed by atoms with Gasteiger partial charge in [-0.1, -0.05) is 18.2 Å². The first-order valence-corrected chi connectivity index (χ1v) is 8.09. The molecule has 2 heterocycles. The molecule has 2 aromatic heterocycles. The number of benzene rings is 1. The fourth-order valence-corrected chi connectivity index (χ4v) is 2.98. The molecule has 0 saturated carbocycles. The molecule has 0 fully saturated rings. The molecule has 0 radical (unpaired) electrons. The molecular formula is C18H22N4O2. The highest BCUT2D eigenvalue weighted by Crippen LogP contribution is 2.21. The van der Waals surface area contributed by atoms with Gasteiger partial charge < -0.3 is 19.6 Å². The van der Waals surface area contributed by atoms with Crippen LogP contribution in [0, 0.1) is 0 Å². The van der Waals surface area contributed by atoms with E-state index in [1.54, 1.807) is 28.9 Å². The van der Waals surface area contributed by atoms with Gasteiger partial charge in [0.05, 0.1) is 12.6 Å². The Morgan fingerprint density at radius 1 is 1.38 bits per heavy atom. The Morgan fingerprint density at radius 2 is 2.17 bits per heavy atom. The maximum absolute atomic E-state index is 12.4. The molecule has 0 aliphatic carbocycles. The van der Waals surface area contributed by atoms with Crippen LogP contribution in [0.2, 0.25) is 0 Å². The Labute approximate surface area is 140 Å². The molecule has 6 heteroatoms. The van der Waals surface area contributed by atoms with Crippen molar-refractivity contribution in [3.05, 3.63) is 58.8 Å². The lowest BCUT2D eigenvalue weighted by Gasteiger charge is -2.27. The van der Waals surface area contributed by atoms with Gasteiger partial charge in [-0.15, -0.1) is 0 Å². The number of anilines is 1. The van der Waals surface area contributed by atoms with Crippen molar-refractivity contribution in [3.8, 4) is 0 Å². The number of para-hydroxylation sites is 1. The van der Waals surface area contributed by atoms with E-state index in [4.69, 9.17) is 0 Å². The Hall–Kier alpha value is -2.60. The van der Waals surface area contributed by atoms with Gasteiger partial charge in [-0.05, 0) is 25.0 Å². The molecule has 24 heavy (non-hydrogen) atoms. The third-order valence-corrected chi connectivity index (χ3v) is 4.46. The van der Waals surface area contributed by atoms with Crippen molar-refractivity contribution in [1.29, 1.82) is 0 Å². The summed E-state index contributed by atoms with van der Waals surface area (Å²) in [7, 11) is 1.81. The van der Waals surface area contributed by atoms with Gasteiger partial charge in [-0.25, -0.2) is 4.98 Å². The Kier molecular flexibility index (Phi) is 4.66. The van der Waals surface area contributed by atoms with Crippen molar-refractivity contribution < 1.29 is 5.11 Å². The van der Waals surface area contributed by atoms with Crippen molar-refractivity contribution in [3.63, 3.8) is 0 Å². The van der Waals surface area contributed by atoms with E-state index in [2.05, 4.69) is 16.0 Å².